The van der Waals surface area contributed by atoms with E-state index < -0.39 is 0 Å². The number of hydrogen-bond acceptors (Lipinski definition) is 2. The van der Waals surface area contributed by atoms with Gasteiger partial charge in [0.05, 0.1) is 0 Å². The van der Waals surface area contributed by atoms with E-state index in [4.69, 9.17) is 5.53 Å². The quantitative estimate of drug-likeness (QED) is 0.339. The summed E-state index contributed by atoms with van der Waals surface area (Å²) in [5.41, 5.74) is 8.09. The average Bonchev–Trinajstić information content (AvgIpc) is 2.23. The standard InChI is InChI=1S/C11H20N4O/c12-15-14-9-8-13-11(16)10-6-4-2-1-3-5-7-10/h10H,1-9H2,(H,13,16). The molecule has 1 fully saturated rings. The summed E-state index contributed by atoms with van der Waals surface area (Å²) in [5.74, 6) is 0.307. The molecular formula is C11H20N4O. The Morgan fingerprint density at radius 1 is 1.25 bits per heavy atom. The second-order valence-corrected chi connectivity index (χ2v) is 4.29. The normalized spacial score (nSPS) is 18.0. The first-order chi connectivity index (χ1) is 7.84. The van der Waals surface area contributed by atoms with Gasteiger partial charge in [0.15, 0.2) is 0 Å². The first-order valence-corrected chi connectivity index (χ1v) is 6.13. The van der Waals surface area contributed by atoms with Gasteiger partial charge in [0, 0.05) is 23.9 Å². The van der Waals surface area contributed by atoms with Gasteiger partial charge < -0.3 is 5.32 Å². The number of nitrogens with zero attached hydrogens (tertiary/aromatic N) is 3. The SMILES string of the molecule is [N-]=[N+]=NCCNC(=O)C1CCCCCCC1. The zero-order valence-corrected chi connectivity index (χ0v) is 9.69. The van der Waals surface area contributed by atoms with E-state index in [9.17, 15) is 4.79 Å². The van der Waals surface area contributed by atoms with E-state index in [1.165, 1.54) is 19.3 Å². The fourth-order valence-corrected chi connectivity index (χ4v) is 2.14. The minimum atomic E-state index is 0.134. The molecule has 0 spiro atoms. The van der Waals surface area contributed by atoms with Crippen LogP contribution in [0.2, 0.25) is 0 Å². The summed E-state index contributed by atoms with van der Waals surface area (Å²) < 4.78 is 0. The van der Waals surface area contributed by atoms with Gasteiger partial charge in [-0.25, -0.2) is 0 Å². The van der Waals surface area contributed by atoms with Crippen molar-refractivity contribution in [2.24, 2.45) is 11.0 Å². The van der Waals surface area contributed by atoms with Gasteiger partial charge in [-0.3, -0.25) is 4.79 Å². The molecule has 1 N–H and O–H groups in total. The Kier molecular flexibility index (Phi) is 6.42. The van der Waals surface area contributed by atoms with Crippen molar-refractivity contribution in [1.29, 1.82) is 0 Å². The van der Waals surface area contributed by atoms with Gasteiger partial charge in [-0.05, 0) is 18.4 Å². The summed E-state index contributed by atoms with van der Waals surface area (Å²) in [5, 5.41) is 6.22. The Morgan fingerprint density at radius 3 is 2.50 bits per heavy atom. The van der Waals surface area contributed by atoms with Crippen molar-refractivity contribution in [3.05, 3.63) is 10.4 Å². The van der Waals surface area contributed by atoms with E-state index in [0.717, 1.165) is 25.7 Å². The first-order valence-electron chi connectivity index (χ1n) is 6.13. The lowest BCUT2D eigenvalue weighted by atomic mass is 9.90. The second-order valence-electron chi connectivity index (χ2n) is 4.29. The van der Waals surface area contributed by atoms with Gasteiger partial charge in [-0.15, -0.1) is 0 Å². The Balaban J connectivity index is 2.24. The molecule has 16 heavy (non-hydrogen) atoms. The van der Waals surface area contributed by atoms with Crippen molar-refractivity contribution in [2.45, 2.75) is 44.9 Å². The zero-order chi connectivity index (χ0) is 11.6. The largest absolute Gasteiger partial charge is 0.356 e. The molecule has 0 aromatic carbocycles. The van der Waals surface area contributed by atoms with Crippen LogP contribution in [0.4, 0.5) is 0 Å². The molecule has 1 amide bonds. The van der Waals surface area contributed by atoms with Crippen LogP contribution in [0.5, 0.6) is 0 Å². The Morgan fingerprint density at radius 2 is 1.88 bits per heavy atom. The minimum absolute atomic E-state index is 0.134. The molecule has 0 aromatic rings. The van der Waals surface area contributed by atoms with Crippen molar-refractivity contribution in [1.82, 2.24) is 5.32 Å². The summed E-state index contributed by atoms with van der Waals surface area (Å²) in [6.45, 7) is 0.800. The van der Waals surface area contributed by atoms with Crippen molar-refractivity contribution < 1.29 is 4.79 Å². The number of nitrogens with one attached hydrogen (secondary N) is 1. The van der Waals surface area contributed by atoms with Crippen LogP contribution in [-0.4, -0.2) is 19.0 Å². The lowest BCUT2D eigenvalue weighted by Gasteiger charge is -2.18. The van der Waals surface area contributed by atoms with E-state index in [2.05, 4.69) is 15.3 Å². The topological polar surface area (TPSA) is 77.9 Å². The maximum atomic E-state index is 11.8. The van der Waals surface area contributed by atoms with Crippen molar-refractivity contribution >= 4 is 5.91 Å². The third-order valence-corrected chi connectivity index (χ3v) is 3.05. The molecule has 0 heterocycles. The lowest BCUT2D eigenvalue weighted by molar-refractivity contribution is -0.125. The smallest absolute Gasteiger partial charge is 0.223 e. The fourth-order valence-electron chi connectivity index (χ4n) is 2.14. The molecule has 0 aromatic heterocycles. The zero-order valence-electron chi connectivity index (χ0n) is 9.69. The fraction of sp³-hybridized carbons (Fsp3) is 0.909. The van der Waals surface area contributed by atoms with Crippen LogP contribution >= 0.6 is 0 Å². The highest BCUT2D eigenvalue weighted by atomic mass is 16.1. The summed E-state index contributed by atoms with van der Waals surface area (Å²) in [6, 6.07) is 0. The summed E-state index contributed by atoms with van der Waals surface area (Å²) in [4.78, 5) is 14.4. The van der Waals surface area contributed by atoms with Gasteiger partial charge >= 0.3 is 0 Å². The van der Waals surface area contributed by atoms with Crippen LogP contribution in [0.1, 0.15) is 44.9 Å². The van der Waals surface area contributed by atoms with Crippen LogP contribution in [-0.2, 0) is 4.79 Å². The highest BCUT2D eigenvalue weighted by Gasteiger charge is 2.18. The van der Waals surface area contributed by atoms with Gasteiger partial charge in [-0.2, -0.15) is 0 Å². The molecule has 0 unspecified atom stereocenters. The van der Waals surface area contributed by atoms with Crippen LogP contribution < -0.4 is 5.32 Å². The molecule has 0 radical (unpaired) electrons. The molecule has 0 aliphatic heterocycles. The highest BCUT2D eigenvalue weighted by molar-refractivity contribution is 5.78. The lowest BCUT2D eigenvalue weighted by Crippen LogP contribution is -2.32. The number of carbonyl (C=O) groups is 1. The third kappa shape index (κ3) is 5.03. The Labute approximate surface area is 96.2 Å². The molecule has 1 aliphatic carbocycles. The molecule has 5 nitrogen and oxygen atoms in total. The van der Waals surface area contributed by atoms with Gasteiger partial charge in [0.25, 0.3) is 0 Å². The number of hydrogen-bond donors (Lipinski definition) is 1. The van der Waals surface area contributed by atoms with Crippen LogP contribution in [0.25, 0.3) is 10.4 Å². The molecule has 5 heteroatoms. The molecule has 1 aliphatic rings. The predicted octanol–water partition coefficient (Wildman–Crippen LogP) is 2.77. The monoisotopic (exact) mass is 224 g/mol. The minimum Gasteiger partial charge on any atom is -0.356 e. The summed E-state index contributed by atoms with van der Waals surface area (Å²) in [7, 11) is 0. The molecule has 1 rings (SSSR count). The molecule has 1 saturated carbocycles. The molecular weight excluding hydrogens is 204 g/mol. The maximum absolute atomic E-state index is 11.8. The van der Waals surface area contributed by atoms with E-state index in [0.29, 0.717) is 13.1 Å². The van der Waals surface area contributed by atoms with Crippen molar-refractivity contribution in [2.75, 3.05) is 13.1 Å². The summed E-state index contributed by atoms with van der Waals surface area (Å²) in [6.07, 6.45) is 8.15. The van der Waals surface area contributed by atoms with Gasteiger partial charge in [0.2, 0.25) is 5.91 Å². The van der Waals surface area contributed by atoms with E-state index in [-0.39, 0.29) is 11.8 Å². The van der Waals surface area contributed by atoms with Gasteiger partial charge in [0.1, 0.15) is 0 Å². The van der Waals surface area contributed by atoms with Crippen molar-refractivity contribution in [3.63, 3.8) is 0 Å². The predicted molar refractivity (Wildman–Crippen MR) is 62.8 cm³/mol. The first kappa shape index (κ1) is 12.8. The maximum Gasteiger partial charge on any atom is 0.223 e. The number of amides is 1. The average molecular weight is 224 g/mol. The van der Waals surface area contributed by atoms with Crippen LogP contribution in [0, 0.1) is 5.92 Å². The van der Waals surface area contributed by atoms with E-state index >= 15 is 0 Å². The summed E-state index contributed by atoms with van der Waals surface area (Å²) >= 11 is 0. The number of carbonyl (C=O) groups excluding carboxylic acids is 1. The number of azide groups is 1. The number of rotatable bonds is 4. The second kappa shape index (κ2) is 7.99. The Bertz CT molecular complexity index is 253. The van der Waals surface area contributed by atoms with E-state index in [1.807, 2.05) is 0 Å². The van der Waals surface area contributed by atoms with E-state index in [1.54, 1.807) is 0 Å². The molecule has 0 saturated heterocycles. The molecule has 90 valence electrons. The van der Waals surface area contributed by atoms with Crippen LogP contribution in [0.15, 0.2) is 5.11 Å². The Hall–Kier alpha value is -1.22. The molecule has 0 bridgehead atoms. The highest BCUT2D eigenvalue weighted by Crippen LogP contribution is 2.22. The van der Waals surface area contributed by atoms with Crippen LogP contribution in [0.3, 0.4) is 0 Å². The third-order valence-electron chi connectivity index (χ3n) is 3.05. The molecule has 0 atom stereocenters. The van der Waals surface area contributed by atoms with Crippen molar-refractivity contribution in [3.8, 4) is 0 Å². The van der Waals surface area contributed by atoms with Gasteiger partial charge in [-0.1, -0.05) is 37.2 Å².